The van der Waals surface area contributed by atoms with E-state index in [1.807, 2.05) is 38.1 Å². The lowest BCUT2D eigenvalue weighted by Crippen LogP contribution is -2.12. The molecule has 0 aliphatic rings. The maximum absolute atomic E-state index is 12.1. The van der Waals surface area contributed by atoms with Crippen molar-refractivity contribution in [1.29, 1.82) is 0 Å². The van der Waals surface area contributed by atoms with Gasteiger partial charge in [0, 0.05) is 26.0 Å². The lowest BCUT2D eigenvalue weighted by Gasteiger charge is -2.07. The van der Waals surface area contributed by atoms with Gasteiger partial charge in [0.25, 0.3) is 0 Å². The van der Waals surface area contributed by atoms with Crippen LogP contribution in [0.1, 0.15) is 36.7 Å². The number of pyridine rings is 1. The molecule has 146 valence electrons. The Kier molecular flexibility index (Phi) is 6.33. The third kappa shape index (κ3) is 5.37. The second-order valence-corrected chi connectivity index (χ2v) is 6.27. The summed E-state index contributed by atoms with van der Waals surface area (Å²) in [6.07, 6.45) is 1.85. The van der Waals surface area contributed by atoms with Crippen LogP contribution in [-0.4, -0.2) is 28.1 Å². The van der Waals surface area contributed by atoms with Gasteiger partial charge in [-0.3, -0.25) is 4.79 Å². The Morgan fingerprint density at radius 2 is 2.00 bits per heavy atom. The van der Waals surface area contributed by atoms with E-state index in [1.165, 1.54) is 0 Å². The number of aromatic nitrogens is 3. The van der Waals surface area contributed by atoms with Crippen molar-refractivity contribution in [2.45, 2.75) is 32.8 Å². The third-order valence-corrected chi connectivity index (χ3v) is 4.03. The minimum Gasteiger partial charge on any atom is -0.439 e. The molecule has 0 fully saturated rings. The molecule has 8 nitrogen and oxygen atoms in total. The van der Waals surface area contributed by atoms with Crippen LogP contribution >= 0.6 is 0 Å². The number of ether oxygens (including phenoxy) is 2. The highest BCUT2D eigenvalue weighted by atomic mass is 16.5. The number of anilines is 1. The molecule has 1 unspecified atom stereocenters. The zero-order chi connectivity index (χ0) is 19.9. The maximum atomic E-state index is 12.1. The lowest BCUT2D eigenvalue weighted by atomic mass is 10.2. The van der Waals surface area contributed by atoms with Crippen molar-refractivity contribution in [3.8, 4) is 11.6 Å². The summed E-state index contributed by atoms with van der Waals surface area (Å²) in [5.74, 6) is 1.85. The summed E-state index contributed by atoms with van der Waals surface area (Å²) in [5, 5.41) is 6.61. The Hall–Kier alpha value is -3.26. The van der Waals surface area contributed by atoms with Gasteiger partial charge in [-0.05, 0) is 32.0 Å². The lowest BCUT2D eigenvalue weighted by molar-refractivity contribution is -0.116. The molecule has 2 aromatic heterocycles. The Labute approximate surface area is 162 Å². The Morgan fingerprint density at radius 3 is 2.68 bits per heavy atom. The van der Waals surface area contributed by atoms with Gasteiger partial charge >= 0.3 is 0 Å². The van der Waals surface area contributed by atoms with Crippen molar-refractivity contribution in [2.24, 2.45) is 0 Å². The van der Waals surface area contributed by atoms with Crippen molar-refractivity contribution in [2.75, 3.05) is 12.4 Å². The van der Waals surface area contributed by atoms with E-state index in [2.05, 4.69) is 20.4 Å². The van der Waals surface area contributed by atoms with E-state index in [1.54, 1.807) is 25.4 Å². The van der Waals surface area contributed by atoms with Crippen LogP contribution in [0.25, 0.3) is 0 Å². The summed E-state index contributed by atoms with van der Waals surface area (Å²) in [6, 6.07) is 11.1. The number of amides is 1. The van der Waals surface area contributed by atoms with E-state index >= 15 is 0 Å². The molecule has 3 aromatic rings. The molecular weight excluding hydrogens is 360 g/mol. The van der Waals surface area contributed by atoms with Crippen LogP contribution in [0.2, 0.25) is 0 Å². The average Bonchev–Trinajstić information content (AvgIpc) is 3.18. The van der Waals surface area contributed by atoms with Gasteiger partial charge < -0.3 is 19.3 Å². The molecule has 0 saturated heterocycles. The molecular formula is C20H22N4O4. The minimum absolute atomic E-state index is 0.173. The topological polar surface area (TPSA) is 99.4 Å². The van der Waals surface area contributed by atoms with Gasteiger partial charge in [0.15, 0.2) is 5.82 Å². The van der Waals surface area contributed by atoms with Crippen LogP contribution in [0.4, 0.5) is 5.69 Å². The summed E-state index contributed by atoms with van der Waals surface area (Å²) in [6.45, 7) is 3.83. The predicted octanol–water partition coefficient (Wildman–Crippen LogP) is 3.84. The molecule has 0 bridgehead atoms. The first kappa shape index (κ1) is 19.5. The number of nitrogens with zero attached hydrogens (tertiary/aromatic N) is 3. The van der Waals surface area contributed by atoms with Gasteiger partial charge in [0.05, 0.1) is 11.9 Å². The number of hydrogen-bond acceptors (Lipinski definition) is 7. The third-order valence-electron chi connectivity index (χ3n) is 4.03. The number of methoxy groups -OCH3 is 1. The van der Waals surface area contributed by atoms with Crippen LogP contribution in [0.3, 0.4) is 0 Å². The highest BCUT2D eigenvalue weighted by molar-refractivity contribution is 5.90. The Bertz CT molecular complexity index is 907. The Balaban J connectivity index is 1.48. The van der Waals surface area contributed by atoms with Crippen molar-refractivity contribution in [3.63, 3.8) is 0 Å². The molecule has 0 saturated carbocycles. The molecule has 1 N–H and O–H groups in total. The highest BCUT2D eigenvalue weighted by Gasteiger charge is 2.14. The number of hydrogen-bond donors (Lipinski definition) is 1. The van der Waals surface area contributed by atoms with E-state index in [0.717, 1.165) is 5.56 Å². The van der Waals surface area contributed by atoms with Crippen molar-refractivity contribution < 1.29 is 18.8 Å². The van der Waals surface area contributed by atoms with Gasteiger partial charge in [-0.25, -0.2) is 4.98 Å². The molecule has 28 heavy (non-hydrogen) atoms. The molecule has 1 amide bonds. The molecule has 1 aromatic carbocycles. The SMILES string of the molecule is COC(C)c1noc(CCC(=O)Nc2ccc(Oc3ccc(C)cc3)nc2)n1. The number of nitrogens with one attached hydrogen (secondary N) is 1. The summed E-state index contributed by atoms with van der Waals surface area (Å²) >= 11 is 0. The highest BCUT2D eigenvalue weighted by Crippen LogP contribution is 2.21. The van der Waals surface area contributed by atoms with Crippen LogP contribution in [0, 0.1) is 6.92 Å². The normalized spacial score (nSPS) is 11.8. The smallest absolute Gasteiger partial charge is 0.227 e. The first-order chi connectivity index (χ1) is 13.5. The van der Waals surface area contributed by atoms with E-state index < -0.39 is 0 Å². The monoisotopic (exact) mass is 382 g/mol. The van der Waals surface area contributed by atoms with Crippen molar-refractivity contribution >= 4 is 11.6 Å². The zero-order valence-electron chi connectivity index (χ0n) is 16.0. The number of rotatable bonds is 8. The van der Waals surface area contributed by atoms with Crippen LogP contribution in [0.15, 0.2) is 47.1 Å². The number of carbonyl (C=O) groups is 1. The quantitative estimate of drug-likeness (QED) is 0.632. The second-order valence-electron chi connectivity index (χ2n) is 6.27. The Morgan fingerprint density at radius 1 is 1.21 bits per heavy atom. The summed E-state index contributed by atoms with van der Waals surface area (Å²) in [5.41, 5.74) is 1.74. The van der Waals surface area contributed by atoms with E-state index in [9.17, 15) is 4.79 Å². The number of aryl methyl sites for hydroxylation is 2. The van der Waals surface area contributed by atoms with Crippen molar-refractivity contribution in [1.82, 2.24) is 15.1 Å². The summed E-state index contributed by atoms with van der Waals surface area (Å²) < 4.78 is 15.9. The molecule has 2 heterocycles. The molecule has 3 rings (SSSR count). The number of benzene rings is 1. The van der Waals surface area contributed by atoms with Crippen LogP contribution in [0.5, 0.6) is 11.6 Å². The average molecular weight is 382 g/mol. The second kappa shape index (κ2) is 9.09. The molecule has 0 radical (unpaired) electrons. The van der Waals surface area contributed by atoms with Crippen molar-refractivity contribution in [3.05, 3.63) is 59.9 Å². The van der Waals surface area contributed by atoms with Gasteiger partial charge in [-0.15, -0.1) is 0 Å². The summed E-state index contributed by atoms with van der Waals surface area (Å²) in [7, 11) is 1.57. The summed E-state index contributed by atoms with van der Waals surface area (Å²) in [4.78, 5) is 20.5. The van der Waals surface area contributed by atoms with Gasteiger partial charge in [-0.2, -0.15) is 4.98 Å². The van der Waals surface area contributed by atoms with E-state index in [-0.39, 0.29) is 18.4 Å². The molecule has 0 spiro atoms. The number of carbonyl (C=O) groups excluding carboxylic acids is 1. The fourth-order valence-electron chi connectivity index (χ4n) is 2.33. The van der Waals surface area contributed by atoms with E-state index in [4.69, 9.17) is 14.0 Å². The van der Waals surface area contributed by atoms with Crippen LogP contribution < -0.4 is 10.1 Å². The minimum atomic E-state index is -0.252. The molecule has 8 heteroatoms. The standard InChI is InChI=1S/C20H22N4O4/c1-13-4-7-16(8-5-13)27-18-10-6-15(12-21-18)22-17(25)9-11-19-23-20(24-28-19)14(2)26-3/h4-8,10,12,14H,9,11H2,1-3H3,(H,22,25). The van der Waals surface area contributed by atoms with E-state index in [0.29, 0.717) is 35.5 Å². The largest absolute Gasteiger partial charge is 0.439 e. The first-order valence-electron chi connectivity index (χ1n) is 8.89. The van der Waals surface area contributed by atoms with Gasteiger partial charge in [-0.1, -0.05) is 22.9 Å². The fourth-order valence-corrected chi connectivity index (χ4v) is 2.33. The van der Waals surface area contributed by atoms with Gasteiger partial charge in [0.1, 0.15) is 11.9 Å². The fraction of sp³-hybridized carbons (Fsp3) is 0.300. The van der Waals surface area contributed by atoms with Crippen LogP contribution in [-0.2, 0) is 16.0 Å². The predicted molar refractivity (Wildman–Crippen MR) is 102 cm³/mol. The molecule has 0 aliphatic carbocycles. The van der Waals surface area contributed by atoms with Gasteiger partial charge in [0.2, 0.25) is 17.7 Å². The first-order valence-corrected chi connectivity index (χ1v) is 8.89. The molecule has 1 atom stereocenters. The zero-order valence-corrected chi connectivity index (χ0v) is 16.0. The maximum Gasteiger partial charge on any atom is 0.227 e. The molecule has 0 aliphatic heterocycles.